The van der Waals surface area contributed by atoms with E-state index >= 15 is 0 Å². The number of ether oxygens (including phenoxy) is 1. The fourth-order valence-electron chi connectivity index (χ4n) is 1.80. The molecule has 0 atom stereocenters. The SMILES string of the molecule is COC(=O)c1cn(CC(=O)O)c2ccccc12. The number of hydrogen-bond donors (Lipinski definition) is 1. The number of carbonyl (C=O) groups excluding carboxylic acids is 1. The molecule has 88 valence electrons. The number of fused-ring (bicyclic) bond motifs is 1. The average molecular weight is 233 g/mol. The van der Waals surface area contributed by atoms with E-state index in [-0.39, 0.29) is 6.54 Å². The summed E-state index contributed by atoms with van der Waals surface area (Å²) in [5.74, 6) is -1.42. The fourth-order valence-corrected chi connectivity index (χ4v) is 1.80. The van der Waals surface area contributed by atoms with Gasteiger partial charge in [0.25, 0.3) is 0 Å². The number of carboxylic acids is 1. The number of carboxylic acid groups (broad SMARTS) is 1. The number of esters is 1. The van der Waals surface area contributed by atoms with E-state index in [0.29, 0.717) is 16.5 Å². The van der Waals surface area contributed by atoms with Gasteiger partial charge in [-0.25, -0.2) is 4.79 Å². The number of benzene rings is 1. The lowest BCUT2D eigenvalue weighted by Gasteiger charge is -1.99. The molecule has 0 amide bonds. The van der Waals surface area contributed by atoms with Crippen LogP contribution >= 0.6 is 0 Å². The number of para-hydroxylation sites is 1. The van der Waals surface area contributed by atoms with Crippen LogP contribution in [0.5, 0.6) is 0 Å². The molecule has 0 fully saturated rings. The quantitative estimate of drug-likeness (QED) is 0.816. The molecule has 1 aromatic heterocycles. The second-order valence-corrected chi connectivity index (χ2v) is 3.57. The Hall–Kier alpha value is -2.30. The van der Waals surface area contributed by atoms with Gasteiger partial charge in [0.2, 0.25) is 0 Å². The van der Waals surface area contributed by atoms with Crippen molar-refractivity contribution in [1.82, 2.24) is 4.57 Å². The van der Waals surface area contributed by atoms with E-state index in [0.717, 1.165) is 0 Å². The molecular weight excluding hydrogens is 222 g/mol. The molecule has 1 aromatic carbocycles. The normalized spacial score (nSPS) is 10.4. The molecule has 17 heavy (non-hydrogen) atoms. The van der Waals surface area contributed by atoms with E-state index < -0.39 is 11.9 Å². The van der Waals surface area contributed by atoms with Crippen LogP contribution in [0.1, 0.15) is 10.4 Å². The summed E-state index contributed by atoms with van der Waals surface area (Å²) in [6.45, 7) is -0.183. The van der Waals surface area contributed by atoms with Gasteiger partial charge in [0.1, 0.15) is 6.54 Å². The van der Waals surface area contributed by atoms with Gasteiger partial charge in [-0.3, -0.25) is 4.79 Å². The molecule has 0 aliphatic heterocycles. The summed E-state index contributed by atoms with van der Waals surface area (Å²) >= 11 is 0. The molecule has 5 heteroatoms. The van der Waals surface area contributed by atoms with Crippen LogP contribution in [0.15, 0.2) is 30.5 Å². The monoisotopic (exact) mass is 233 g/mol. The van der Waals surface area contributed by atoms with Gasteiger partial charge in [-0.15, -0.1) is 0 Å². The summed E-state index contributed by atoms with van der Waals surface area (Å²) in [5, 5.41) is 9.49. The number of carbonyl (C=O) groups is 2. The maximum Gasteiger partial charge on any atom is 0.340 e. The van der Waals surface area contributed by atoms with Crippen LogP contribution in [-0.4, -0.2) is 28.7 Å². The summed E-state index contributed by atoms with van der Waals surface area (Å²) in [5.41, 5.74) is 1.08. The minimum absolute atomic E-state index is 0.183. The van der Waals surface area contributed by atoms with Crippen molar-refractivity contribution < 1.29 is 19.4 Å². The lowest BCUT2D eigenvalue weighted by molar-refractivity contribution is -0.137. The second kappa shape index (κ2) is 4.29. The van der Waals surface area contributed by atoms with Crippen LogP contribution < -0.4 is 0 Å². The van der Waals surface area contributed by atoms with Crippen molar-refractivity contribution >= 4 is 22.8 Å². The Balaban J connectivity index is 2.62. The van der Waals surface area contributed by atoms with Gasteiger partial charge in [-0.05, 0) is 6.07 Å². The van der Waals surface area contributed by atoms with E-state index in [9.17, 15) is 9.59 Å². The van der Waals surface area contributed by atoms with Crippen molar-refractivity contribution in [1.29, 1.82) is 0 Å². The Morgan fingerprint density at radius 3 is 2.71 bits per heavy atom. The van der Waals surface area contributed by atoms with Crippen molar-refractivity contribution in [2.45, 2.75) is 6.54 Å². The lowest BCUT2D eigenvalue weighted by atomic mass is 10.2. The predicted molar refractivity (Wildman–Crippen MR) is 60.9 cm³/mol. The Morgan fingerprint density at radius 2 is 2.06 bits per heavy atom. The molecule has 0 aliphatic rings. The molecule has 2 rings (SSSR count). The molecule has 0 unspecified atom stereocenters. The van der Waals surface area contributed by atoms with E-state index in [1.54, 1.807) is 24.3 Å². The third-order valence-corrected chi connectivity index (χ3v) is 2.50. The Kier molecular flexibility index (Phi) is 2.82. The molecule has 1 N–H and O–H groups in total. The molecule has 0 saturated carbocycles. The summed E-state index contributed by atoms with van der Waals surface area (Å²) in [4.78, 5) is 22.3. The first-order chi connectivity index (χ1) is 8.13. The van der Waals surface area contributed by atoms with E-state index in [1.165, 1.54) is 17.9 Å². The van der Waals surface area contributed by atoms with Crippen molar-refractivity contribution in [3.63, 3.8) is 0 Å². The smallest absolute Gasteiger partial charge is 0.340 e. The average Bonchev–Trinajstić information content (AvgIpc) is 2.67. The van der Waals surface area contributed by atoms with Gasteiger partial charge in [0, 0.05) is 17.1 Å². The number of methoxy groups -OCH3 is 1. The van der Waals surface area contributed by atoms with E-state index in [2.05, 4.69) is 4.74 Å². The second-order valence-electron chi connectivity index (χ2n) is 3.57. The van der Waals surface area contributed by atoms with E-state index in [1.807, 2.05) is 0 Å². The maximum atomic E-state index is 11.5. The van der Waals surface area contributed by atoms with Crippen molar-refractivity contribution in [3.05, 3.63) is 36.0 Å². The zero-order chi connectivity index (χ0) is 12.4. The molecule has 0 aliphatic carbocycles. The third kappa shape index (κ3) is 1.99. The van der Waals surface area contributed by atoms with Gasteiger partial charge < -0.3 is 14.4 Å². The largest absolute Gasteiger partial charge is 0.480 e. The van der Waals surface area contributed by atoms with E-state index in [4.69, 9.17) is 5.11 Å². The summed E-state index contributed by atoms with van der Waals surface area (Å²) in [6, 6.07) is 7.12. The van der Waals surface area contributed by atoms with Crippen LogP contribution in [0.25, 0.3) is 10.9 Å². The zero-order valence-corrected chi connectivity index (χ0v) is 9.21. The Labute approximate surface area is 97.2 Å². The molecule has 0 saturated heterocycles. The van der Waals surface area contributed by atoms with Crippen LogP contribution in [0.4, 0.5) is 0 Å². The molecular formula is C12H11NO4. The van der Waals surface area contributed by atoms with Gasteiger partial charge >= 0.3 is 11.9 Å². The topological polar surface area (TPSA) is 68.5 Å². The molecule has 0 bridgehead atoms. The lowest BCUT2D eigenvalue weighted by Crippen LogP contribution is -2.07. The molecule has 1 heterocycles. The Bertz CT molecular complexity index is 585. The molecule has 5 nitrogen and oxygen atoms in total. The molecule has 0 spiro atoms. The number of rotatable bonds is 3. The highest BCUT2D eigenvalue weighted by Crippen LogP contribution is 2.21. The fraction of sp³-hybridized carbons (Fsp3) is 0.167. The first-order valence-corrected chi connectivity index (χ1v) is 5.01. The highest BCUT2D eigenvalue weighted by atomic mass is 16.5. The number of aromatic nitrogens is 1. The number of aliphatic carboxylic acids is 1. The predicted octanol–water partition coefficient (Wildman–Crippen LogP) is 1.51. The first-order valence-electron chi connectivity index (χ1n) is 5.01. The summed E-state index contributed by atoms with van der Waals surface area (Å²) in [6.07, 6.45) is 1.50. The number of nitrogens with zero attached hydrogens (tertiary/aromatic N) is 1. The first kappa shape index (κ1) is 11.2. The zero-order valence-electron chi connectivity index (χ0n) is 9.21. The number of hydrogen-bond acceptors (Lipinski definition) is 3. The molecule has 0 radical (unpaired) electrons. The van der Waals surface area contributed by atoms with Crippen molar-refractivity contribution in [2.75, 3.05) is 7.11 Å². The van der Waals surface area contributed by atoms with Crippen molar-refractivity contribution in [2.24, 2.45) is 0 Å². The van der Waals surface area contributed by atoms with Crippen LogP contribution in [0.3, 0.4) is 0 Å². The minimum atomic E-state index is -0.956. The highest BCUT2D eigenvalue weighted by Gasteiger charge is 2.15. The molecule has 2 aromatic rings. The minimum Gasteiger partial charge on any atom is -0.480 e. The third-order valence-electron chi connectivity index (χ3n) is 2.50. The van der Waals surface area contributed by atoms with Gasteiger partial charge in [0.05, 0.1) is 12.7 Å². The Morgan fingerprint density at radius 1 is 1.35 bits per heavy atom. The van der Waals surface area contributed by atoms with Gasteiger partial charge in [-0.1, -0.05) is 18.2 Å². The van der Waals surface area contributed by atoms with Crippen LogP contribution in [0, 0.1) is 0 Å². The summed E-state index contributed by atoms with van der Waals surface area (Å²) < 4.78 is 6.18. The maximum absolute atomic E-state index is 11.5. The summed E-state index contributed by atoms with van der Waals surface area (Å²) in [7, 11) is 1.30. The standard InChI is InChI=1S/C12H11NO4/c1-17-12(16)9-6-13(7-11(14)15)10-5-3-2-4-8(9)10/h2-6H,7H2,1H3,(H,14,15). The van der Waals surface area contributed by atoms with Crippen LogP contribution in [-0.2, 0) is 16.1 Å². The van der Waals surface area contributed by atoms with Crippen LogP contribution in [0.2, 0.25) is 0 Å². The van der Waals surface area contributed by atoms with Gasteiger partial charge in [-0.2, -0.15) is 0 Å². The van der Waals surface area contributed by atoms with Gasteiger partial charge in [0.15, 0.2) is 0 Å². The van der Waals surface area contributed by atoms with Crippen molar-refractivity contribution in [3.8, 4) is 0 Å². The highest BCUT2D eigenvalue weighted by molar-refractivity contribution is 6.04.